The number of carbonyl (C=O) groups is 1. The highest BCUT2D eigenvalue weighted by Crippen LogP contribution is 2.27. The quantitative estimate of drug-likeness (QED) is 0.796. The highest BCUT2D eigenvalue weighted by Gasteiger charge is 2.41. The lowest BCUT2D eigenvalue weighted by Crippen LogP contribution is -2.64. The number of hydrogen-bond donors (Lipinski definition) is 2. The van der Waals surface area contributed by atoms with Gasteiger partial charge in [0.05, 0.1) is 13.5 Å². The van der Waals surface area contributed by atoms with Crippen LogP contribution in [0.4, 0.5) is 0 Å². The van der Waals surface area contributed by atoms with Gasteiger partial charge < -0.3 is 19.9 Å². The van der Waals surface area contributed by atoms with Gasteiger partial charge >= 0.3 is 5.97 Å². The minimum absolute atomic E-state index is 0.00277. The van der Waals surface area contributed by atoms with Crippen molar-refractivity contribution in [2.24, 2.45) is 0 Å². The minimum Gasteiger partial charge on any atom is -0.497 e. The molecule has 1 fully saturated rings. The third kappa shape index (κ3) is 2.68. The van der Waals surface area contributed by atoms with Crippen LogP contribution in [0.1, 0.15) is 6.42 Å². The summed E-state index contributed by atoms with van der Waals surface area (Å²) in [5.74, 6) is 0.474. The van der Waals surface area contributed by atoms with Crippen LogP contribution >= 0.6 is 0 Å². The third-order valence-corrected chi connectivity index (χ3v) is 2.74. The van der Waals surface area contributed by atoms with Gasteiger partial charge in [-0.3, -0.25) is 4.79 Å². The summed E-state index contributed by atoms with van der Waals surface area (Å²) in [4.78, 5) is 10.8. The van der Waals surface area contributed by atoms with Crippen LogP contribution in [0.25, 0.3) is 0 Å². The highest BCUT2D eigenvalue weighted by molar-refractivity contribution is 5.68. The van der Waals surface area contributed by atoms with Crippen LogP contribution in [0.3, 0.4) is 0 Å². The van der Waals surface area contributed by atoms with Gasteiger partial charge in [-0.1, -0.05) is 6.07 Å². The molecule has 0 aliphatic carbocycles. The monoisotopic (exact) mass is 237 g/mol. The van der Waals surface area contributed by atoms with Crippen LogP contribution in [-0.2, 0) is 4.79 Å². The molecule has 2 rings (SSSR count). The lowest BCUT2D eigenvalue weighted by Gasteiger charge is -2.41. The molecule has 1 aliphatic rings. The molecule has 0 bridgehead atoms. The van der Waals surface area contributed by atoms with E-state index in [0.717, 1.165) is 0 Å². The van der Waals surface area contributed by atoms with Crippen LogP contribution < -0.4 is 14.8 Å². The van der Waals surface area contributed by atoms with Crippen molar-refractivity contribution in [3.05, 3.63) is 24.3 Å². The summed E-state index contributed by atoms with van der Waals surface area (Å²) in [7, 11) is 1.58. The Morgan fingerprint density at radius 2 is 2.18 bits per heavy atom. The summed E-state index contributed by atoms with van der Waals surface area (Å²) in [6.07, 6.45) is -0.00277. The molecule has 1 aliphatic heterocycles. The van der Waals surface area contributed by atoms with Crippen molar-refractivity contribution in [2.75, 3.05) is 20.2 Å². The van der Waals surface area contributed by atoms with Gasteiger partial charge in [-0.25, -0.2) is 0 Å². The van der Waals surface area contributed by atoms with Crippen molar-refractivity contribution >= 4 is 5.97 Å². The number of nitrogens with one attached hydrogen (secondary N) is 1. The lowest BCUT2D eigenvalue weighted by molar-refractivity contribution is -0.143. The number of carboxylic acid groups (broad SMARTS) is 1. The summed E-state index contributed by atoms with van der Waals surface area (Å²) in [6.45, 7) is 1.10. The Bertz CT molecular complexity index is 415. The van der Waals surface area contributed by atoms with Gasteiger partial charge in [0.1, 0.15) is 17.1 Å². The second-order valence-corrected chi connectivity index (χ2v) is 4.14. The first kappa shape index (κ1) is 11.7. The molecule has 1 saturated heterocycles. The van der Waals surface area contributed by atoms with Crippen LogP contribution in [0.5, 0.6) is 11.5 Å². The Balaban J connectivity index is 2.09. The average molecular weight is 237 g/mol. The van der Waals surface area contributed by atoms with E-state index in [1.54, 1.807) is 19.2 Å². The second kappa shape index (κ2) is 4.63. The molecular formula is C12H15NO4. The molecule has 0 atom stereocenters. The van der Waals surface area contributed by atoms with E-state index in [2.05, 4.69) is 5.32 Å². The summed E-state index contributed by atoms with van der Waals surface area (Å²) < 4.78 is 10.9. The minimum atomic E-state index is -0.852. The maximum atomic E-state index is 10.8. The van der Waals surface area contributed by atoms with Gasteiger partial charge in [-0.05, 0) is 12.1 Å². The zero-order chi connectivity index (χ0) is 12.3. The number of carboxylic acids is 1. The fourth-order valence-corrected chi connectivity index (χ4v) is 1.83. The van der Waals surface area contributed by atoms with Crippen molar-refractivity contribution in [2.45, 2.75) is 12.0 Å². The summed E-state index contributed by atoms with van der Waals surface area (Å²) in [5, 5.41) is 11.9. The number of benzene rings is 1. The summed E-state index contributed by atoms with van der Waals surface area (Å²) >= 11 is 0. The second-order valence-electron chi connectivity index (χ2n) is 4.14. The molecule has 0 saturated carbocycles. The summed E-state index contributed by atoms with van der Waals surface area (Å²) in [6, 6.07) is 7.18. The van der Waals surface area contributed by atoms with E-state index in [1.807, 2.05) is 12.1 Å². The SMILES string of the molecule is COc1cccc(OC2(CC(=O)O)CNC2)c1. The molecule has 1 aromatic carbocycles. The first-order valence-electron chi connectivity index (χ1n) is 5.39. The van der Waals surface area contributed by atoms with Gasteiger partial charge in [-0.2, -0.15) is 0 Å². The smallest absolute Gasteiger partial charge is 0.307 e. The normalized spacial score (nSPS) is 17.0. The molecule has 5 nitrogen and oxygen atoms in total. The number of methoxy groups -OCH3 is 1. The molecule has 0 amide bonds. The van der Waals surface area contributed by atoms with E-state index >= 15 is 0 Å². The first-order chi connectivity index (χ1) is 8.13. The van der Waals surface area contributed by atoms with Gasteiger partial charge in [0.15, 0.2) is 0 Å². The van der Waals surface area contributed by atoms with E-state index in [4.69, 9.17) is 14.6 Å². The van der Waals surface area contributed by atoms with E-state index < -0.39 is 11.6 Å². The van der Waals surface area contributed by atoms with Crippen LogP contribution in [-0.4, -0.2) is 36.9 Å². The fourth-order valence-electron chi connectivity index (χ4n) is 1.83. The topological polar surface area (TPSA) is 67.8 Å². The standard InChI is InChI=1S/C12H15NO4/c1-16-9-3-2-4-10(5-9)17-12(6-11(14)15)7-13-8-12/h2-5,13H,6-8H2,1H3,(H,14,15). The van der Waals surface area contributed by atoms with E-state index in [0.29, 0.717) is 24.6 Å². The van der Waals surface area contributed by atoms with Crippen molar-refractivity contribution in [1.82, 2.24) is 5.32 Å². The largest absolute Gasteiger partial charge is 0.497 e. The number of aliphatic carboxylic acids is 1. The van der Waals surface area contributed by atoms with Crippen molar-refractivity contribution < 1.29 is 19.4 Å². The van der Waals surface area contributed by atoms with Crippen LogP contribution in [0.15, 0.2) is 24.3 Å². The number of ether oxygens (including phenoxy) is 2. The third-order valence-electron chi connectivity index (χ3n) is 2.74. The fraction of sp³-hybridized carbons (Fsp3) is 0.417. The van der Waals surface area contributed by atoms with Gasteiger partial charge in [0.25, 0.3) is 0 Å². The van der Waals surface area contributed by atoms with Crippen molar-refractivity contribution in [3.8, 4) is 11.5 Å². The average Bonchev–Trinajstić information content (AvgIpc) is 2.26. The summed E-state index contributed by atoms with van der Waals surface area (Å²) in [5.41, 5.74) is -0.627. The molecule has 1 heterocycles. The molecule has 5 heteroatoms. The van der Waals surface area contributed by atoms with Gasteiger partial charge in [0.2, 0.25) is 0 Å². The number of rotatable bonds is 5. The predicted octanol–water partition coefficient (Wildman–Crippen LogP) is 0.891. The lowest BCUT2D eigenvalue weighted by atomic mass is 9.92. The molecule has 0 spiro atoms. The molecule has 0 unspecified atom stereocenters. The Hall–Kier alpha value is -1.75. The highest BCUT2D eigenvalue weighted by atomic mass is 16.5. The van der Waals surface area contributed by atoms with Crippen molar-refractivity contribution in [1.29, 1.82) is 0 Å². The van der Waals surface area contributed by atoms with Gasteiger partial charge in [-0.15, -0.1) is 0 Å². The molecule has 2 N–H and O–H groups in total. The Morgan fingerprint density at radius 1 is 1.47 bits per heavy atom. The molecule has 1 aromatic rings. The molecule has 92 valence electrons. The Morgan fingerprint density at radius 3 is 2.71 bits per heavy atom. The van der Waals surface area contributed by atoms with Crippen LogP contribution in [0, 0.1) is 0 Å². The molecule has 0 radical (unpaired) electrons. The van der Waals surface area contributed by atoms with E-state index in [9.17, 15) is 4.79 Å². The van der Waals surface area contributed by atoms with Gasteiger partial charge in [0, 0.05) is 19.2 Å². The molecule has 0 aromatic heterocycles. The van der Waals surface area contributed by atoms with E-state index in [-0.39, 0.29) is 6.42 Å². The van der Waals surface area contributed by atoms with Crippen LogP contribution in [0.2, 0.25) is 0 Å². The number of hydrogen-bond acceptors (Lipinski definition) is 4. The zero-order valence-electron chi connectivity index (χ0n) is 9.60. The molecule has 17 heavy (non-hydrogen) atoms. The Kier molecular flexibility index (Phi) is 3.19. The predicted molar refractivity (Wildman–Crippen MR) is 61.5 cm³/mol. The Labute approximate surface area is 99.3 Å². The maximum Gasteiger partial charge on any atom is 0.307 e. The maximum absolute atomic E-state index is 10.8. The molecular weight excluding hydrogens is 222 g/mol. The van der Waals surface area contributed by atoms with E-state index in [1.165, 1.54) is 0 Å². The first-order valence-corrected chi connectivity index (χ1v) is 5.39. The zero-order valence-corrected chi connectivity index (χ0v) is 9.60. The van der Waals surface area contributed by atoms with Crippen molar-refractivity contribution in [3.63, 3.8) is 0 Å².